The van der Waals surface area contributed by atoms with Gasteiger partial charge in [0.15, 0.2) is 5.96 Å². The van der Waals surface area contributed by atoms with Gasteiger partial charge in [0.1, 0.15) is 5.60 Å². The lowest BCUT2D eigenvalue weighted by atomic mass is 10.00. The Morgan fingerprint density at radius 1 is 1.33 bits per heavy atom. The van der Waals surface area contributed by atoms with E-state index >= 15 is 0 Å². The lowest BCUT2D eigenvalue weighted by Gasteiger charge is -2.21. The van der Waals surface area contributed by atoms with Crippen LogP contribution < -0.4 is 10.6 Å². The quantitative estimate of drug-likeness (QED) is 0.306. The Labute approximate surface area is 173 Å². The fourth-order valence-electron chi connectivity index (χ4n) is 2.03. The Bertz CT molecular complexity index is 629. The fourth-order valence-corrected chi connectivity index (χ4v) is 3.90. The number of aliphatic imine (C=N–C) groups is 1. The van der Waals surface area contributed by atoms with E-state index in [4.69, 9.17) is 11.6 Å². The number of thiophene rings is 2. The van der Waals surface area contributed by atoms with E-state index in [1.807, 2.05) is 35.9 Å². The zero-order valence-electron chi connectivity index (χ0n) is 13.7. The van der Waals surface area contributed by atoms with Gasteiger partial charge < -0.3 is 15.7 Å². The molecule has 2 aromatic rings. The predicted octanol–water partition coefficient (Wildman–Crippen LogP) is 4.09. The molecular weight excluding hydrogens is 477 g/mol. The van der Waals surface area contributed by atoms with Crippen molar-refractivity contribution in [1.29, 1.82) is 0 Å². The zero-order valence-corrected chi connectivity index (χ0v) is 18.4. The zero-order chi connectivity index (χ0) is 16.7. The number of aliphatic hydroxyl groups is 1. The standard InChI is InChI=1S/C16H22ClN3OS2.HI/c1-3-18-15(19-8-6-13-4-5-14(17)23-13)20-11-16(2,21)12-7-9-22-10-12;/h4-5,7,9-10,21H,3,6,8,11H2,1-2H3,(H2,18,19,20);1H. The van der Waals surface area contributed by atoms with Gasteiger partial charge in [-0.3, -0.25) is 0 Å². The van der Waals surface area contributed by atoms with Crippen molar-refractivity contribution in [3.05, 3.63) is 43.7 Å². The number of rotatable bonds is 7. The maximum atomic E-state index is 10.5. The van der Waals surface area contributed by atoms with Crippen molar-refractivity contribution in [3.63, 3.8) is 0 Å². The second-order valence-corrected chi connectivity index (χ2v) is 7.94. The van der Waals surface area contributed by atoms with Gasteiger partial charge in [0.05, 0.1) is 10.9 Å². The monoisotopic (exact) mass is 499 g/mol. The van der Waals surface area contributed by atoms with Gasteiger partial charge in [0.25, 0.3) is 0 Å². The Hall–Kier alpha value is -0.350. The lowest BCUT2D eigenvalue weighted by molar-refractivity contribution is 0.0677. The van der Waals surface area contributed by atoms with Crippen LogP contribution >= 0.6 is 58.3 Å². The van der Waals surface area contributed by atoms with Crippen LogP contribution in [0.15, 0.2) is 34.0 Å². The SMILES string of the molecule is CCNC(=NCC(C)(O)c1ccsc1)NCCc1ccc(Cl)s1.I. The molecule has 0 saturated carbocycles. The van der Waals surface area contributed by atoms with Gasteiger partial charge in [-0.25, -0.2) is 4.99 Å². The van der Waals surface area contributed by atoms with E-state index in [0.717, 1.165) is 29.4 Å². The minimum absolute atomic E-state index is 0. The minimum Gasteiger partial charge on any atom is -0.383 e. The molecule has 2 aromatic heterocycles. The number of nitrogens with zero attached hydrogens (tertiary/aromatic N) is 1. The third kappa shape index (κ3) is 6.87. The first kappa shape index (κ1) is 21.7. The van der Waals surface area contributed by atoms with Crippen LogP contribution in [0.4, 0.5) is 0 Å². The number of hydrogen-bond acceptors (Lipinski definition) is 4. The largest absolute Gasteiger partial charge is 0.383 e. The second-order valence-electron chi connectivity index (χ2n) is 5.36. The second kappa shape index (κ2) is 10.6. The normalized spacial score (nSPS) is 13.9. The van der Waals surface area contributed by atoms with Gasteiger partial charge in [-0.1, -0.05) is 11.6 Å². The van der Waals surface area contributed by atoms with Crippen molar-refractivity contribution in [2.75, 3.05) is 19.6 Å². The summed E-state index contributed by atoms with van der Waals surface area (Å²) in [6, 6.07) is 5.89. The van der Waals surface area contributed by atoms with E-state index in [9.17, 15) is 5.11 Å². The maximum absolute atomic E-state index is 10.5. The molecule has 0 radical (unpaired) electrons. The highest BCUT2D eigenvalue weighted by molar-refractivity contribution is 14.0. The van der Waals surface area contributed by atoms with Gasteiger partial charge >= 0.3 is 0 Å². The molecule has 2 rings (SSSR count). The molecule has 0 bridgehead atoms. The van der Waals surface area contributed by atoms with Crippen LogP contribution in [0.2, 0.25) is 4.34 Å². The third-order valence-corrected chi connectivity index (χ3v) is 5.30. The van der Waals surface area contributed by atoms with Crippen molar-refractivity contribution in [1.82, 2.24) is 10.6 Å². The van der Waals surface area contributed by atoms with Crippen LogP contribution in [0, 0.1) is 0 Å². The molecule has 8 heteroatoms. The number of nitrogens with one attached hydrogen (secondary N) is 2. The van der Waals surface area contributed by atoms with Gasteiger partial charge in [0.2, 0.25) is 0 Å². The van der Waals surface area contributed by atoms with Crippen LogP contribution in [-0.2, 0) is 12.0 Å². The van der Waals surface area contributed by atoms with Crippen LogP contribution in [-0.4, -0.2) is 30.7 Å². The summed E-state index contributed by atoms with van der Waals surface area (Å²) in [4.78, 5) is 5.74. The van der Waals surface area contributed by atoms with Gasteiger partial charge in [-0.05, 0) is 54.8 Å². The third-order valence-electron chi connectivity index (χ3n) is 3.33. The summed E-state index contributed by atoms with van der Waals surface area (Å²) in [5, 5.41) is 20.9. The van der Waals surface area contributed by atoms with Crippen molar-refractivity contribution >= 4 is 64.2 Å². The highest BCUT2D eigenvalue weighted by atomic mass is 127. The molecule has 134 valence electrons. The van der Waals surface area contributed by atoms with E-state index in [1.165, 1.54) is 4.88 Å². The Kier molecular flexibility index (Phi) is 9.58. The molecule has 24 heavy (non-hydrogen) atoms. The van der Waals surface area contributed by atoms with Gasteiger partial charge in [-0.2, -0.15) is 11.3 Å². The van der Waals surface area contributed by atoms with Gasteiger partial charge in [0, 0.05) is 18.0 Å². The molecule has 1 unspecified atom stereocenters. The number of hydrogen-bond donors (Lipinski definition) is 3. The molecule has 0 spiro atoms. The summed E-state index contributed by atoms with van der Waals surface area (Å²) in [6.45, 7) is 5.66. The summed E-state index contributed by atoms with van der Waals surface area (Å²) in [7, 11) is 0. The Balaban J connectivity index is 0.00000288. The lowest BCUT2D eigenvalue weighted by Crippen LogP contribution is -2.39. The molecule has 3 N–H and O–H groups in total. The first-order valence-electron chi connectivity index (χ1n) is 7.52. The molecule has 1 atom stereocenters. The smallest absolute Gasteiger partial charge is 0.191 e. The molecule has 0 aliphatic carbocycles. The Morgan fingerprint density at radius 2 is 2.12 bits per heavy atom. The summed E-state index contributed by atoms with van der Waals surface area (Å²) in [5.74, 6) is 0.714. The van der Waals surface area contributed by atoms with Crippen LogP contribution in [0.5, 0.6) is 0 Å². The van der Waals surface area contributed by atoms with E-state index in [-0.39, 0.29) is 24.0 Å². The van der Waals surface area contributed by atoms with Crippen LogP contribution in [0.3, 0.4) is 0 Å². The molecule has 4 nitrogen and oxygen atoms in total. The summed E-state index contributed by atoms with van der Waals surface area (Å²) >= 11 is 9.11. The molecular formula is C16H23ClIN3OS2. The molecule has 0 aromatic carbocycles. The van der Waals surface area contributed by atoms with E-state index in [1.54, 1.807) is 29.6 Å². The van der Waals surface area contributed by atoms with E-state index < -0.39 is 5.60 Å². The molecule has 2 heterocycles. The predicted molar refractivity (Wildman–Crippen MR) is 116 cm³/mol. The molecule has 0 aliphatic heterocycles. The average Bonchev–Trinajstić information content (AvgIpc) is 3.17. The number of halogens is 2. The highest BCUT2D eigenvalue weighted by Gasteiger charge is 2.23. The van der Waals surface area contributed by atoms with Crippen LogP contribution in [0.25, 0.3) is 0 Å². The van der Waals surface area contributed by atoms with E-state index in [0.29, 0.717) is 12.5 Å². The highest BCUT2D eigenvalue weighted by Crippen LogP contribution is 2.23. The van der Waals surface area contributed by atoms with Crippen molar-refractivity contribution in [2.24, 2.45) is 4.99 Å². The van der Waals surface area contributed by atoms with Gasteiger partial charge in [-0.15, -0.1) is 35.3 Å². The van der Waals surface area contributed by atoms with Crippen molar-refractivity contribution in [2.45, 2.75) is 25.9 Å². The van der Waals surface area contributed by atoms with Crippen molar-refractivity contribution in [3.8, 4) is 0 Å². The molecule has 0 fully saturated rings. The first-order chi connectivity index (χ1) is 11.0. The summed E-state index contributed by atoms with van der Waals surface area (Å²) in [5.41, 5.74) is -0.0563. The maximum Gasteiger partial charge on any atom is 0.191 e. The molecule has 0 amide bonds. The molecule has 0 aliphatic rings. The first-order valence-corrected chi connectivity index (χ1v) is 9.66. The fraction of sp³-hybridized carbons (Fsp3) is 0.438. The number of guanidine groups is 1. The summed E-state index contributed by atoms with van der Waals surface area (Å²) < 4.78 is 0.812. The van der Waals surface area contributed by atoms with Crippen molar-refractivity contribution < 1.29 is 5.11 Å². The summed E-state index contributed by atoms with van der Waals surface area (Å²) in [6.07, 6.45) is 0.892. The Morgan fingerprint density at radius 3 is 2.71 bits per heavy atom. The van der Waals surface area contributed by atoms with Crippen LogP contribution in [0.1, 0.15) is 24.3 Å². The molecule has 0 saturated heterocycles. The minimum atomic E-state index is -0.955. The average molecular weight is 500 g/mol. The topological polar surface area (TPSA) is 56.7 Å². The van der Waals surface area contributed by atoms with E-state index in [2.05, 4.69) is 15.6 Å².